The van der Waals surface area contributed by atoms with E-state index in [0.717, 1.165) is 0 Å². The van der Waals surface area contributed by atoms with Gasteiger partial charge >= 0.3 is 0 Å². The van der Waals surface area contributed by atoms with Gasteiger partial charge in [-0.3, -0.25) is 0 Å². The van der Waals surface area contributed by atoms with Gasteiger partial charge in [-0.05, 0) is 0 Å². The molecule has 0 aliphatic heterocycles. The predicted molar refractivity (Wildman–Crippen MR) is 33.7 cm³/mol. The Morgan fingerprint density at radius 2 is 2.17 bits per heavy atom. The van der Waals surface area contributed by atoms with Crippen molar-refractivity contribution in [1.29, 1.82) is 0 Å². The van der Waals surface area contributed by atoms with Crippen LogP contribution in [0, 0.1) is 0 Å². The van der Waals surface area contributed by atoms with Gasteiger partial charge in [-0.15, -0.1) is 0 Å². The average Bonchev–Trinajstić information content (AvgIpc) is 1.65. The lowest BCUT2D eigenvalue weighted by atomic mass is 10.5. The fourth-order valence-electron chi connectivity index (χ4n) is 0.0577. The Labute approximate surface area is 48.6 Å². The van der Waals surface area contributed by atoms with Crippen molar-refractivity contribution in [2.75, 3.05) is 12.4 Å². The molecule has 0 spiro atoms. The highest BCUT2D eigenvalue weighted by atomic mass is 32.1. The zero-order valence-corrected chi connectivity index (χ0v) is 5.12. The van der Waals surface area contributed by atoms with E-state index in [1.54, 1.807) is 0 Å². The van der Waals surface area contributed by atoms with Gasteiger partial charge in [-0.1, -0.05) is 0 Å². The van der Waals surface area contributed by atoms with Crippen molar-refractivity contribution in [3.63, 3.8) is 0 Å². The maximum absolute atomic E-state index is 8.21. The van der Waals surface area contributed by atoms with Gasteiger partial charge in [0.15, 0.2) is 0 Å². The first-order valence-electron chi connectivity index (χ1n) is 1.71. The second-order valence-electron chi connectivity index (χ2n) is 1.02. The molecule has 1 nitrogen and oxygen atoms in total. The molecule has 0 saturated carbocycles. The van der Waals surface area contributed by atoms with Crippen molar-refractivity contribution in [3.8, 4) is 0 Å². The molecule has 0 aliphatic rings. The summed E-state index contributed by atoms with van der Waals surface area (Å²) in [5.74, 6) is 0.639. The Balaban J connectivity index is 2.75. The first-order chi connectivity index (χ1) is 2.81. The van der Waals surface area contributed by atoms with Gasteiger partial charge in [-0.2, -0.15) is 25.3 Å². The second-order valence-corrected chi connectivity index (χ2v) is 2.11. The van der Waals surface area contributed by atoms with Gasteiger partial charge in [0.05, 0.1) is 6.61 Å². The minimum absolute atomic E-state index is 0.0494. The van der Waals surface area contributed by atoms with Crippen molar-refractivity contribution in [2.24, 2.45) is 0 Å². The van der Waals surface area contributed by atoms with E-state index >= 15 is 0 Å². The van der Waals surface area contributed by atoms with Crippen LogP contribution in [0.5, 0.6) is 0 Å². The van der Waals surface area contributed by atoms with Crippen LogP contribution < -0.4 is 0 Å². The fraction of sp³-hybridized carbons (Fsp3) is 1.00. The third-order valence-corrected chi connectivity index (χ3v) is 1.50. The summed E-state index contributed by atoms with van der Waals surface area (Å²) in [6.07, 6.45) is 0. The minimum atomic E-state index is 0.0494. The number of aliphatic hydroxyl groups excluding tert-OH is 1. The van der Waals surface area contributed by atoms with Gasteiger partial charge in [-0.25, -0.2) is 0 Å². The molecule has 0 aromatic carbocycles. The molecule has 1 N–H and O–H groups in total. The van der Waals surface area contributed by atoms with E-state index in [0.29, 0.717) is 5.75 Å². The van der Waals surface area contributed by atoms with Crippen LogP contribution in [0.4, 0.5) is 0 Å². The van der Waals surface area contributed by atoms with E-state index in [4.69, 9.17) is 5.11 Å². The van der Waals surface area contributed by atoms with Gasteiger partial charge < -0.3 is 5.11 Å². The Bertz CT molecular complexity index is 28.0. The summed E-state index contributed by atoms with van der Waals surface area (Å²) >= 11 is 7.76. The van der Waals surface area contributed by atoms with Crippen LogP contribution in [0.3, 0.4) is 0 Å². The van der Waals surface area contributed by atoms with E-state index < -0.39 is 0 Å². The lowest BCUT2D eigenvalue weighted by Crippen LogP contribution is -2.04. The Kier molecular flexibility index (Phi) is 4.26. The number of hydrogen-bond donors (Lipinski definition) is 3. The molecule has 0 aliphatic carbocycles. The van der Waals surface area contributed by atoms with Crippen LogP contribution in [-0.4, -0.2) is 22.7 Å². The maximum atomic E-state index is 8.21. The summed E-state index contributed by atoms with van der Waals surface area (Å²) < 4.78 is 0. The first kappa shape index (κ1) is 6.66. The standard InChI is InChI=1S/C3H8OS2/c4-1-3(6)2-5/h3-6H,1-2H2/t3-/m0/s1. The van der Waals surface area contributed by atoms with Crippen molar-refractivity contribution in [2.45, 2.75) is 5.25 Å². The van der Waals surface area contributed by atoms with Gasteiger partial charge in [0.2, 0.25) is 0 Å². The smallest absolute Gasteiger partial charge is 0.0555 e. The highest BCUT2D eigenvalue weighted by molar-refractivity contribution is 7.84. The highest BCUT2D eigenvalue weighted by Crippen LogP contribution is 1.93. The molecule has 6 heavy (non-hydrogen) atoms. The molecular formula is C3H8OS2. The molecule has 0 saturated heterocycles. The molecule has 0 amide bonds. The topological polar surface area (TPSA) is 20.2 Å². The lowest BCUT2D eigenvalue weighted by Gasteiger charge is -1.96. The van der Waals surface area contributed by atoms with E-state index in [2.05, 4.69) is 25.3 Å². The van der Waals surface area contributed by atoms with Gasteiger partial charge in [0.25, 0.3) is 0 Å². The number of rotatable bonds is 2. The van der Waals surface area contributed by atoms with E-state index in [1.165, 1.54) is 0 Å². The molecule has 0 aromatic heterocycles. The van der Waals surface area contributed by atoms with Crippen molar-refractivity contribution in [1.82, 2.24) is 0 Å². The van der Waals surface area contributed by atoms with Crippen LogP contribution in [-0.2, 0) is 0 Å². The average molecular weight is 124 g/mol. The second kappa shape index (κ2) is 3.84. The first-order valence-corrected chi connectivity index (χ1v) is 2.86. The monoisotopic (exact) mass is 124 g/mol. The Hall–Kier alpha value is 0.660. The molecule has 0 unspecified atom stereocenters. The molecule has 0 aromatic rings. The van der Waals surface area contributed by atoms with Crippen LogP contribution in [0.1, 0.15) is 0 Å². The largest absolute Gasteiger partial charge is 0.395 e. The number of aliphatic hydroxyl groups is 1. The molecule has 0 bridgehead atoms. The Morgan fingerprint density at radius 3 is 2.17 bits per heavy atom. The van der Waals surface area contributed by atoms with Crippen LogP contribution in [0.25, 0.3) is 0 Å². The summed E-state index contributed by atoms with van der Waals surface area (Å²) in [5, 5.41) is 8.26. The third kappa shape index (κ3) is 2.87. The molecule has 0 radical (unpaired) electrons. The molecular weight excluding hydrogens is 116 g/mol. The van der Waals surface area contributed by atoms with Gasteiger partial charge in [0.1, 0.15) is 0 Å². The van der Waals surface area contributed by atoms with Crippen molar-refractivity contribution >= 4 is 25.3 Å². The SMILES string of the molecule is OC[C@H](S)CS. The Morgan fingerprint density at radius 1 is 1.67 bits per heavy atom. The van der Waals surface area contributed by atoms with E-state index in [1.807, 2.05) is 0 Å². The zero-order valence-electron chi connectivity index (χ0n) is 3.33. The predicted octanol–water partition coefficient (Wildman–Crippen LogP) is 0.207. The molecule has 3 heteroatoms. The molecule has 1 atom stereocenters. The van der Waals surface area contributed by atoms with Crippen molar-refractivity contribution < 1.29 is 5.11 Å². The maximum Gasteiger partial charge on any atom is 0.0555 e. The zero-order chi connectivity index (χ0) is 4.99. The molecule has 0 rings (SSSR count). The summed E-state index contributed by atoms with van der Waals surface area (Å²) in [4.78, 5) is 0. The number of hydrogen-bond acceptors (Lipinski definition) is 3. The van der Waals surface area contributed by atoms with E-state index in [9.17, 15) is 0 Å². The molecule has 38 valence electrons. The summed E-state index contributed by atoms with van der Waals surface area (Å²) in [6, 6.07) is 0. The summed E-state index contributed by atoms with van der Waals surface area (Å²) in [6.45, 7) is 0.118. The molecule has 0 fully saturated rings. The summed E-state index contributed by atoms with van der Waals surface area (Å²) in [5.41, 5.74) is 0. The lowest BCUT2D eigenvalue weighted by molar-refractivity contribution is 0.302. The third-order valence-electron chi connectivity index (χ3n) is 0.421. The molecule has 0 heterocycles. The normalized spacial score (nSPS) is 14.5. The summed E-state index contributed by atoms with van der Waals surface area (Å²) in [7, 11) is 0. The quantitative estimate of drug-likeness (QED) is 0.449. The van der Waals surface area contributed by atoms with Crippen LogP contribution in [0.2, 0.25) is 0 Å². The highest BCUT2D eigenvalue weighted by Gasteiger charge is 1.92. The minimum Gasteiger partial charge on any atom is -0.395 e. The van der Waals surface area contributed by atoms with Crippen molar-refractivity contribution in [3.05, 3.63) is 0 Å². The van der Waals surface area contributed by atoms with E-state index in [-0.39, 0.29) is 11.9 Å². The number of thiol groups is 2. The van der Waals surface area contributed by atoms with Crippen LogP contribution in [0.15, 0.2) is 0 Å². The van der Waals surface area contributed by atoms with Crippen LogP contribution >= 0.6 is 25.3 Å². The van der Waals surface area contributed by atoms with Gasteiger partial charge in [0, 0.05) is 11.0 Å². The fourth-order valence-corrected chi connectivity index (χ4v) is 0.173.